The van der Waals surface area contributed by atoms with Crippen molar-refractivity contribution in [2.45, 2.75) is 0 Å². The van der Waals surface area contributed by atoms with Crippen LogP contribution in [-0.2, 0) is 0 Å². The quantitative estimate of drug-likeness (QED) is 0.184. The molecule has 0 atom stereocenters. The van der Waals surface area contributed by atoms with E-state index in [4.69, 9.17) is 4.98 Å². The number of pyridine rings is 1. The average molecular weight is 638 g/mol. The predicted molar refractivity (Wildman–Crippen MR) is 209 cm³/mol. The molecule has 0 saturated heterocycles. The van der Waals surface area contributed by atoms with E-state index in [0.29, 0.717) is 0 Å². The average Bonchev–Trinajstić information content (AvgIpc) is 3.71. The lowest BCUT2D eigenvalue weighted by Gasteiger charge is -2.11. The van der Waals surface area contributed by atoms with Crippen LogP contribution in [0.15, 0.2) is 188 Å². The second-order valence-corrected chi connectivity index (χ2v) is 12.8. The summed E-state index contributed by atoms with van der Waals surface area (Å²) in [6.45, 7) is 0. The van der Waals surface area contributed by atoms with Crippen molar-refractivity contribution >= 4 is 43.7 Å². The Bertz CT molecular complexity index is 2830. The van der Waals surface area contributed by atoms with Gasteiger partial charge < -0.3 is 9.13 Å². The number of rotatable bonds is 5. The van der Waals surface area contributed by atoms with Crippen LogP contribution in [0.5, 0.6) is 0 Å². The molecule has 3 heterocycles. The fourth-order valence-electron chi connectivity index (χ4n) is 7.69. The number of hydrogen-bond acceptors (Lipinski definition) is 1. The third-order valence-electron chi connectivity index (χ3n) is 9.99. The van der Waals surface area contributed by atoms with Crippen LogP contribution >= 0.6 is 0 Å². The zero-order chi connectivity index (χ0) is 33.0. The first-order valence-corrected chi connectivity index (χ1v) is 17.1. The number of fused-ring (bicyclic) bond motifs is 6. The standard InChI is InChI=1S/C47H31N3/c1-3-11-32(12-4-1)34-20-25-37(26-21-34)49-42-17-8-7-15-40(42)46-39(16-9-18-44(46)49)36-24-29-43-41(31-36)47-45(19-10-30-48-47)50(43)38-27-22-35(23-28-38)33-13-5-2-6-14-33/h1-31H. The largest absolute Gasteiger partial charge is 0.309 e. The molecule has 0 amide bonds. The van der Waals surface area contributed by atoms with Crippen molar-refractivity contribution in [1.82, 2.24) is 14.1 Å². The Morgan fingerprint density at radius 3 is 1.54 bits per heavy atom. The molecule has 234 valence electrons. The van der Waals surface area contributed by atoms with Crippen LogP contribution in [0, 0.1) is 0 Å². The maximum absolute atomic E-state index is 4.92. The second-order valence-electron chi connectivity index (χ2n) is 12.8. The van der Waals surface area contributed by atoms with Crippen LogP contribution in [0.3, 0.4) is 0 Å². The molecule has 0 aliphatic carbocycles. The Hall–Kier alpha value is -6.71. The molecular weight excluding hydrogens is 607 g/mol. The van der Waals surface area contributed by atoms with Crippen LogP contribution in [0.2, 0.25) is 0 Å². The summed E-state index contributed by atoms with van der Waals surface area (Å²) in [6.07, 6.45) is 1.90. The van der Waals surface area contributed by atoms with E-state index in [9.17, 15) is 0 Å². The summed E-state index contributed by atoms with van der Waals surface area (Å²) >= 11 is 0. The van der Waals surface area contributed by atoms with Gasteiger partial charge in [-0.2, -0.15) is 0 Å². The molecule has 0 radical (unpaired) electrons. The number of nitrogens with zero attached hydrogens (tertiary/aromatic N) is 3. The molecule has 0 spiro atoms. The maximum Gasteiger partial charge on any atom is 0.0963 e. The van der Waals surface area contributed by atoms with Crippen LogP contribution in [0.25, 0.3) is 88.5 Å². The fraction of sp³-hybridized carbons (Fsp3) is 0. The number of para-hydroxylation sites is 1. The molecule has 7 aromatic carbocycles. The Kier molecular flexibility index (Phi) is 6.49. The Morgan fingerprint density at radius 2 is 0.860 bits per heavy atom. The van der Waals surface area contributed by atoms with Gasteiger partial charge in [0.15, 0.2) is 0 Å². The van der Waals surface area contributed by atoms with Crippen molar-refractivity contribution in [2.75, 3.05) is 0 Å². The molecule has 3 aromatic heterocycles. The van der Waals surface area contributed by atoms with Gasteiger partial charge in [-0.05, 0) is 94.0 Å². The molecule has 3 nitrogen and oxygen atoms in total. The smallest absolute Gasteiger partial charge is 0.0963 e. The van der Waals surface area contributed by atoms with Gasteiger partial charge in [0, 0.05) is 33.7 Å². The number of benzene rings is 7. The fourth-order valence-corrected chi connectivity index (χ4v) is 7.69. The van der Waals surface area contributed by atoms with E-state index < -0.39 is 0 Å². The van der Waals surface area contributed by atoms with E-state index in [1.54, 1.807) is 0 Å². The topological polar surface area (TPSA) is 22.8 Å². The number of hydrogen-bond donors (Lipinski definition) is 0. The van der Waals surface area contributed by atoms with Gasteiger partial charge >= 0.3 is 0 Å². The molecule has 0 bridgehead atoms. The maximum atomic E-state index is 4.92. The first-order valence-electron chi connectivity index (χ1n) is 17.1. The van der Waals surface area contributed by atoms with Gasteiger partial charge in [0.05, 0.1) is 27.6 Å². The van der Waals surface area contributed by atoms with Crippen LogP contribution in [0.4, 0.5) is 0 Å². The van der Waals surface area contributed by atoms with Gasteiger partial charge in [-0.25, -0.2) is 0 Å². The summed E-state index contributed by atoms with van der Waals surface area (Å²) in [5.74, 6) is 0. The van der Waals surface area contributed by atoms with Crippen molar-refractivity contribution in [3.05, 3.63) is 188 Å². The van der Waals surface area contributed by atoms with Gasteiger partial charge in [-0.3, -0.25) is 4.98 Å². The van der Waals surface area contributed by atoms with Gasteiger partial charge in [0.1, 0.15) is 0 Å². The first-order chi connectivity index (χ1) is 24.8. The summed E-state index contributed by atoms with van der Waals surface area (Å²) in [6, 6.07) is 65.4. The van der Waals surface area contributed by atoms with E-state index in [0.717, 1.165) is 33.3 Å². The summed E-state index contributed by atoms with van der Waals surface area (Å²) in [7, 11) is 0. The monoisotopic (exact) mass is 637 g/mol. The van der Waals surface area contributed by atoms with Crippen molar-refractivity contribution < 1.29 is 0 Å². The van der Waals surface area contributed by atoms with E-state index >= 15 is 0 Å². The van der Waals surface area contributed by atoms with E-state index in [2.05, 4.69) is 185 Å². The zero-order valence-corrected chi connectivity index (χ0v) is 27.2. The lowest BCUT2D eigenvalue weighted by atomic mass is 9.98. The Balaban J connectivity index is 1.13. The molecule has 0 unspecified atom stereocenters. The molecule has 0 N–H and O–H groups in total. The Labute approximate surface area is 290 Å². The molecule has 0 fully saturated rings. The van der Waals surface area contributed by atoms with Crippen LogP contribution in [0.1, 0.15) is 0 Å². The normalized spacial score (nSPS) is 11.6. The highest BCUT2D eigenvalue weighted by Crippen LogP contribution is 2.41. The molecule has 0 aliphatic rings. The third kappa shape index (κ3) is 4.48. The van der Waals surface area contributed by atoms with Gasteiger partial charge in [-0.15, -0.1) is 0 Å². The summed E-state index contributed by atoms with van der Waals surface area (Å²) in [5, 5.41) is 3.63. The highest BCUT2D eigenvalue weighted by molar-refractivity contribution is 6.17. The summed E-state index contributed by atoms with van der Waals surface area (Å²) in [5.41, 5.74) is 15.1. The second kappa shape index (κ2) is 11.5. The number of aromatic nitrogens is 3. The summed E-state index contributed by atoms with van der Waals surface area (Å²) in [4.78, 5) is 4.92. The van der Waals surface area contributed by atoms with Crippen molar-refractivity contribution in [2.24, 2.45) is 0 Å². The highest BCUT2D eigenvalue weighted by atomic mass is 15.0. The van der Waals surface area contributed by atoms with Gasteiger partial charge in [-0.1, -0.05) is 121 Å². The molecule has 3 heteroatoms. The van der Waals surface area contributed by atoms with Crippen LogP contribution < -0.4 is 0 Å². The molecule has 10 rings (SSSR count). The van der Waals surface area contributed by atoms with Crippen molar-refractivity contribution in [3.8, 4) is 44.8 Å². The predicted octanol–water partition coefficient (Wildman–Crippen LogP) is 12.3. The minimum Gasteiger partial charge on any atom is -0.309 e. The van der Waals surface area contributed by atoms with Crippen molar-refractivity contribution in [1.29, 1.82) is 0 Å². The minimum atomic E-state index is 1.00. The lowest BCUT2D eigenvalue weighted by Crippen LogP contribution is -1.94. The Morgan fingerprint density at radius 1 is 0.340 bits per heavy atom. The molecule has 0 aliphatic heterocycles. The highest BCUT2D eigenvalue weighted by Gasteiger charge is 2.18. The van der Waals surface area contributed by atoms with Gasteiger partial charge in [0.2, 0.25) is 0 Å². The van der Waals surface area contributed by atoms with Crippen LogP contribution in [-0.4, -0.2) is 14.1 Å². The van der Waals surface area contributed by atoms with E-state index in [-0.39, 0.29) is 0 Å². The third-order valence-corrected chi connectivity index (χ3v) is 9.99. The zero-order valence-electron chi connectivity index (χ0n) is 27.2. The first kappa shape index (κ1) is 28.3. The van der Waals surface area contributed by atoms with E-state index in [1.165, 1.54) is 55.2 Å². The molecule has 50 heavy (non-hydrogen) atoms. The lowest BCUT2D eigenvalue weighted by molar-refractivity contribution is 1.18. The van der Waals surface area contributed by atoms with E-state index in [1.807, 2.05) is 12.3 Å². The van der Waals surface area contributed by atoms with Gasteiger partial charge in [0.25, 0.3) is 0 Å². The summed E-state index contributed by atoms with van der Waals surface area (Å²) < 4.78 is 4.73. The molecular formula is C47H31N3. The molecule has 0 saturated carbocycles. The SMILES string of the molecule is c1ccc(-c2ccc(-n3c4ccc(-c5cccc6c5c5ccccc5n6-c5ccc(-c6ccccc6)cc5)cc4c4ncccc43)cc2)cc1. The molecule has 10 aromatic rings. The van der Waals surface area contributed by atoms with Crippen molar-refractivity contribution in [3.63, 3.8) is 0 Å². The minimum absolute atomic E-state index is 1.00.